The molecule has 0 unspecified atom stereocenters. The van der Waals surface area contributed by atoms with Gasteiger partial charge in [-0.25, -0.2) is 14.4 Å². The zero-order chi connectivity index (χ0) is 17.7. The van der Waals surface area contributed by atoms with Crippen LogP contribution >= 0.6 is 0 Å². The third-order valence-corrected chi connectivity index (χ3v) is 2.60. The zero-order valence-electron chi connectivity index (χ0n) is 14.0. The lowest BCUT2D eigenvalue weighted by atomic mass is 9.94. The minimum atomic E-state index is -0.842. The van der Waals surface area contributed by atoms with E-state index in [9.17, 15) is 14.4 Å². The second-order valence-electron chi connectivity index (χ2n) is 5.13. The quantitative estimate of drug-likeness (QED) is 0.368. The molecule has 0 atom stereocenters. The third-order valence-electron chi connectivity index (χ3n) is 2.60. The van der Waals surface area contributed by atoms with Crippen LogP contribution in [0.5, 0.6) is 0 Å². The first-order valence-electron chi connectivity index (χ1n) is 7.25. The molecular formula is C17H24O6. The molecule has 23 heavy (non-hydrogen) atoms. The molecule has 6 heteroatoms. The molecule has 0 N–H and O–H groups in total. The van der Waals surface area contributed by atoms with Gasteiger partial charge in [-0.1, -0.05) is 18.2 Å². The van der Waals surface area contributed by atoms with Gasteiger partial charge in [0.1, 0.15) is 19.8 Å². The van der Waals surface area contributed by atoms with Crippen molar-refractivity contribution in [2.45, 2.75) is 27.7 Å². The fourth-order valence-corrected chi connectivity index (χ4v) is 1.41. The molecule has 0 aromatic rings. The van der Waals surface area contributed by atoms with E-state index in [4.69, 9.17) is 14.2 Å². The molecule has 0 aliphatic heterocycles. The SMILES string of the molecule is C/C=C/C(=O)OCC(C)(COC(=O)/C=C/C)COC(=O)/C=C/C. The minimum absolute atomic E-state index is 0.0532. The van der Waals surface area contributed by atoms with Gasteiger partial charge in [-0.15, -0.1) is 0 Å². The van der Waals surface area contributed by atoms with E-state index in [-0.39, 0.29) is 19.8 Å². The van der Waals surface area contributed by atoms with Crippen molar-refractivity contribution < 1.29 is 28.6 Å². The van der Waals surface area contributed by atoms with E-state index in [1.807, 2.05) is 0 Å². The number of esters is 3. The summed E-state index contributed by atoms with van der Waals surface area (Å²) < 4.78 is 15.3. The molecule has 6 nitrogen and oxygen atoms in total. The lowest BCUT2D eigenvalue weighted by Gasteiger charge is -2.27. The maximum Gasteiger partial charge on any atom is 0.330 e. The van der Waals surface area contributed by atoms with Crippen LogP contribution in [-0.2, 0) is 28.6 Å². The van der Waals surface area contributed by atoms with Crippen molar-refractivity contribution >= 4 is 17.9 Å². The van der Waals surface area contributed by atoms with Crippen molar-refractivity contribution in [3.63, 3.8) is 0 Å². The summed E-state index contributed by atoms with van der Waals surface area (Å²) in [7, 11) is 0. The van der Waals surface area contributed by atoms with Crippen LogP contribution in [0.3, 0.4) is 0 Å². The molecule has 0 heterocycles. The fraction of sp³-hybridized carbons (Fsp3) is 0.471. The highest BCUT2D eigenvalue weighted by atomic mass is 16.6. The predicted molar refractivity (Wildman–Crippen MR) is 85.4 cm³/mol. The molecule has 0 aromatic heterocycles. The molecule has 0 spiro atoms. The van der Waals surface area contributed by atoms with E-state index in [1.165, 1.54) is 18.2 Å². The average molecular weight is 324 g/mol. The van der Waals surface area contributed by atoms with Crippen molar-refractivity contribution in [2.24, 2.45) is 5.41 Å². The number of hydrogen-bond acceptors (Lipinski definition) is 6. The van der Waals surface area contributed by atoms with Crippen LogP contribution in [0.15, 0.2) is 36.5 Å². The molecule has 0 saturated carbocycles. The lowest BCUT2D eigenvalue weighted by Crippen LogP contribution is -2.36. The van der Waals surface area contributed by atoms with E-state index in [2.05, 4.69) is 0 Å². The highest BCUT2D eigenvalue weighted by molar-refractivity contribution is 5.82. The van der Waals surface area contributed by atoms with Gasteiger partial charge in [-0.05, 0) is 27.7 Å². The Morgan fingerprint density at radius 1 is 0.696 bits per heavy atom. The van der Waals surface area contributed by atoms with Gasteiger partial charge in [0.05, 0.1) is 5.41 Å². The van der Waals surface area contributed by atoms with Gasteiger partial charge >= 0.3 is 17.9 Å². The van der Waals surface area contributed by atoms with E-state index in [1.54, 1.807) is 45.9 Å². The van der Waals surface area contributed by atoms with Gasteiger partial charge in [-0.3, -0.25) is 0 Å². The Hall–Kier alpha value is -2.37. The highest BCUT2D eigenvalue weighted by Gasteiger charge is 2.30. The number of hydrogen-bond donors (Lipinski definition) is 0. The topological polar surface area (TPSA) is 78.9 Å². The Morgan fingerprint density at radius 2 is 0.957 bits per heavy atom. The molecule has 0 aliphatic carbocycles. The Labute approximate surface area is 136 Å². The molecule has 0 bridgehead atoms. The molecular weight excluding hydrogens is 300 g/mol. The first-order chi connectivity index (χ1) is 10.9. The summed E-state index contributed by atoms with van der Waals surface area (Å²) in [4.78, 5) is 34.3. The van der Waals surface area contributed by atoms with Crippen molar-refractivity contribution in [3.8, 4) is 0 Å². The number of carbonyl (C=O) groups is 3. The number of rotatable bonds is 9. The molecule has 0 radical (unpaired) electrons. The van der Waals surface area contributed by atoms with Gasteiger partial charge in [0.25, 0.3) is 0 Å². The summed E-state index contributed by atoms with van der Waals surface area (Å²) in [6.45, 7) is 6.61. The minimum Gasteiger partial charge on any atom is -0.462 e. The summed E-state index contributed by atoms with van der Waals surface area (Å²) in [6, 6.07) is 0. The van der Waals surface area contributed by atoms with Crippen LogP contribution in [-0.4, -0.2) is 37.7 Å². The fourth-order valence-electron chi connectivity index (χ4n) is 1.41. The van der Waals surface area contributed by atoms with Crippen LogP contribution in [0, 0.1) is 5.41 Å². The van der Waals surface area contributed by atoms with Crippen LogP contribution < -0.4 is 0 Å². The van der Waals surface area contributed by atoms with Crippen LogP contribution in [0.1, 0.15) is 27.7 Å². The Morgan fingerprint density at radius 3 is 1.17 bits per heavy atom. The van der Waals surface area contributed by atoms with Gasteiger partial charge in [0.2, 0.25) is 0 Å². The lowest BCUT2D eigenvalue weighted by molar-refractivity contribution is -0.154. The summed E-state index contributed by atoms with van der Waals surface area (Å²) in [5.41, 5.74) is -0.842. The van der Waals surface area contributed by atoms with Gasteiger partial charge < -0.3 is 14.2 Å². The van der Waals surface area contributed by atoms with Crippen molar-refractivity contribution in [2.75, 3.05) is 19.8 Å². The second-order valence-corrected chi connectivity index (χ2v) is 5.13. The van der Waals surface area contributed by atoms with Crippen molar-refractivity contribution in [1.29, 1.82) is 0 Å². The average Bonchev–Trinajstić information content (AvgIpc) is 2.50. The monoisotopic (exact) mass is 324 g/mol. The standard InChI is InChI=1S/C17H24O6/c1-5-8-14(18)21-11-17(4,12-22-15(19)9-6-2)13-23-16(20)10-7-3/h5-10H,11-13H2,1-4H3/b8-5+,9-6+,10-7+. The van der Waals surface area contributed by atoms with E-state index in [0.29, 0.717) is 0 Å². The Kier molecular flexibility index (Phi) is 10.1. The Bertz CT molecular complexity index is 418. The largest absolute Gasteiger partial charge is 0.462 e. The predicted octanol–water partition coefficient (Wildman–Crippen LogP) is 2.35. The maximum absolute atomic E-state index is 11.4. The molecule has 0 saturated heterocycles. The van der Waals surface area contributed by atoms with E-state index in [0.717, 1.165) is 0 Å². The summed E-state index contributed by atoms with van der Waals surface area (Å²) >= 11 is 0. The molecule has 0 rings (SSSR count). The molecule has 0 amide bonds. The molecule has 128 valence electrons. The van der Waals surface area contributed by atoms with Crippen LogP contribution in [0.4, 0.5) is 0 Å². The summed E-state index contributed by atoms with van der Waals surface area (Å²) in [6.07, 6.45) is 8.49. The zero-order valence-corrected chi connectivity index (χ0v) is 14.0. The van der Waals surface area contributed by atoms with Gasteiger partial charge in [0, 0.05) is 18.2 Å². The molecule has 0 fully saturated rings. The first-order valence-corrected chi connectivity index (χ1v) is 7.25. The van der Waals surface area contributed by atoms with Gasteiger partial charge in [0.15, 0.2) is 0 Å². The third kappa shape index (κ3) is 10.1. The van der Waals surface area contributed by atoms with Crippen LogP contribution in [0.25, 0.3) is 0 Å². The van der Waals surface area contributed by atoms with Crippen molar-refractivity contribution in [3.05, 3.63) is 36.5 Å². The number of ether oxygens (including phenoxy) is 3. The Balaban J connectivity index is 4.76. The number of allylic oxidation sites excluding steroid dienone is 3. The first kappa shape index (κ1) is 20.6. The van der Waals surface area contributed by atoms with Gasteiger partial charge in [-0.2, -0.15) is 0 Å². The maximum atomic E-state index is 11.4. The number of carbonyl (C=O) groups excluding carboxylic acids is 3. The normalized spacial score (nSPS) is 12.0. The van der Waals surface area contributed by atoms with E-state index < -0.39 is 23.3 Å². The highest BCUT2D eigenvalue weighted by Crippen LogP contribution is 2.19. The smallest absolute Gasteiger partial charge is 0.330 e. The summed E-state index contributed by atoms with van der Waals surface area (Å²) in [5.74, 6) is -1.55. The summed E-state index contributed by atoms with van der Waals surface area (Å²) in [5, 5.41) is 0. The van der Waals surface area contributed by atoms with E-state index >= 15 is 0 Å². The van der Waals surface area contributed by atoms with Crippen LogP contribution in [0.2, 0.25) is 0 Å². The molecule has 0 aromatic carbocycles. The van der Waals surface area contributed by atoms with Crippen molar-refractivity contribution in [1.82, 2.24) is 0 Å². The molecule has 0 aliphatic rings. The second kappa shape index (κ2) is 11.2.